The summed E-state index contributed by atoms with van der Waals surface area (Å²) in [6.45, 7) is 2.30. The van der Waals surface area contributed by atoms with Gasteiger partial charge in [0.25, 0.3) is 0 Å². The van der Waals surface area contributed by atoms with Crippen LogP contribution in [-0.2, 0) is 28.9 Å². The minimum Gasteiger partial charge on any atom is -0.326 e. The van der Waals surface area contributed by atoms with Crippen LogP contribution in [-0.4, -0.2) is 35.0 Å². The molecule has 7 nitrogen and oxygen atoms in total. The van der Waals surface area contributed by atoms with E-state index in [2.05, 4.69) is 15.2 Å². The van der Waals surface area contributed by atoms with Crippen molar-refractivity contribution in [2.24, 2.45) is 5.73 Å². The topological polar surface area (TPSA) is 105 Å². The van der Waals surface area contributed by atoms with Gasteiger partial charge in [-0.05, 0) is 18.1 Å². The predicted molar refractivity (Wildman–Crippen MR) is 79.5 cm³/mol. The van der Waals surface area contributed by atoms with E-state index < -0.39 is 10.0 Å². The number of aromatic amines is 1. The number of rotatable bonds is 6. The average molecular weight is 309 g/mol. The van der Waals surface area contributed by atoms with Crippen LogP contribution in [0.15, 0.2) is 24.3 Å². The first-order chi connectivity index (χ1) is 9.90. The van der Waals surface area contributed by atoms with Gasteiger partial charge in [-0.2, -0.15) is 9.40 Å². The summed E-state index contributed by atoms with van der Waals surface area (Å²) in [6, 6.07) is 7.27. The van der Waals surface area contributed by atoms with Crippen molar-refractivity contribution in [2.75, 3.05) is 7.05 Å². The van der Waals surface area contributed by atoms with Crippen molar-refractivity contribution < 1.29 is 8.42 Å². The molecule has 0 aliphatic rings. The van der Waals surface area contributed by atoms with Gasteiger partial charge in [0.15, 0.2) is 5.82 Å². The zero-order valence-electron chi connectivity index (χ0n) is 12.1. The molecule has 3 N–H and O–H groups in total. The molecular formula is C13H19N5O2S. The first-order valence-corrected chi connectivity index (χ1v) is 8.11. The fraction of sp³-hybridized carbons (Fsp3) is 0.385. The normalized spacial score (nSPS) is 12.0. The minimum absolute atomic E-state index is 0.0687. The average Bonchev–Trinajstić information content (AvgIpc) is 2.83. The molecule has 0 aliphatic carbocycles. The molecule has 0 aliphatic heterocycles. The van der Waals surface area contributed by atoms with Gasteiger partial charge in [0.05, 0.1) is 12.3 Å². The van der Waals surface area contributed by atoms with E-state index in [9.17, 15) is 8.42 Å². The number of sulfonamides is 1. The monoisotopic (exact) mass is 309 g/mol. The molecule has 0 spiro atoms. The smallest absolute Gasteiger partial charge is 0.218 e. The fourth-order valence-corrected chi connectivity index (χ4v) is 3.06. The fourth-order valence-electron chi connectivity index (χ4n) is 1.92. The maximum Gasteiger partial charge on any atom is 0.218 e. The summed E-state index contributed by atoms with van der Waals surface area (Å²) in [6.07, 6.45) is 0. The molecule has 0 fully saturated rings. The van der Waals surface area contributed by atoms with E-state index >= 15 is 0 Å². The lowest BCUT2D eigenvalue weighted by molar-refractivity contribution is 0.456. The largest absolute Gasteiger partial charge is 0.326 e. The molecular weight excluding hydrogens is 290 g/mol. The summed E-state index contributed by atoms with van der Waals surface area (Å²) < 4.78 is 25.9. The molecule has 21 heavy (non-hydrogen) atoms. The van der Waals surface area contributed by atoms with Gasteiger partial charge in [0, 0.05) is 13.6 Å². The van der Waals surface area contributed by atoms with Crippen molar-refractivity contribution in [1.29, 1.82) is 0 Å². The Bertz CT molecular complexity index is 711. The molecule has 2 rings (SSSR count). The molecule has 0 saturated carbocycles. The quantitative estimate of drug-likeness (QED) is 0.810. The third-order valence-electron chi connectivity index (χ3n) is 3.06. The zero-order chi connectivity index (χ0) is 15.5. The maximum atomic E-state index is 12.3. The molecule has 2 aromatic rings. The zero-order valence-corrected chi connectivity index (χ0v) is 12.9. The molecule has 0 saturated heterocycles. The van der Waals surface area contributed by atoms with Crippen LogP contribution in [0.1, 0.15) is 22.8 Å². The Morgan fingerprint density at radius 3 is 2.67 bits per heavy atom. The van der Waals surface area contributed by atoms with Gasteiger partial charge in [0.1, 0.15) is 5.82 Å². The third-order valence-corrected chi connectivity index (χ3v) is 4.84. The Labute approximate surface area is 124 Å². The lowest BCUT2D eigenvalue weighted by Gasteiger charge is -2.15. The van der Waals surface area contributed by atoms with Gasteiger partial charge < -0.3 is 5.73 Å². The highest BCUT2D eigenvalue weighted by Crippen LogP contribution is 2.13. The molecule has 0 unspecified atom stereocenters. The maximum absolute atomic E-state index is 12.3. The summed E-state index contributed by atoms with van der Waals surface area (Å²) in [4.78, 5) is 4.11. The number of nitrogens with one attached hydrogen (secondary N) is 1. The Balaban J connectivity index is 2.09. The van der Waals surface area contributed by atoms with E-state index in [1.807, 2.05) is 18.2 Å². The second kappa shape index (κ2) is 6.33. The van der Waals surface area contributed by atoms with Crippen LogP contribution in [0.25, 0.3) is 0 Å². The van der Waals surface area contributed by atoms with E-state index in [0.717, 1.165) is 11.1 Å². The highest BCUT2D eigenvalue weighted by atomic mass is 32.2. The second-order valence-corrected chi connectivity index (χ2v) is 6.95. The Hall–Kier alpha value is -1.77. The van der Waals surface area contributed by atoms with Crippen LogP contribution in [0, 0.1) is 6.92 Å². The van der Waals surface area contributed by atoms with E-state index in [1.165, 1.54) is 11.4 Å². The van der Waals surface area contributed by atoms with Crippen molar-refractivity contribution in [2.45, 2.75) is 25.8 Å². The first-order valence-electron chi connectivity index (χ1n) is 6.50. The minimum atomic E-state index is -3.43. The van der Waals surface area contributed by atoms with Crippen molar-refractivity contribution in [1.82, 2.24) is 19.5 Å². The molecule has 0 atom stereocenters. The summed E-state index contributed by atoms with van der Waals surface area (Å²) in [5.74, 6) is 1.04. The first kappa shape index (κ1) is 15.6. The molecule has 8 heteroatoms. The van der Waals surface area contributed by atoms with E-state index in [4.69, 9.17) is 5.73 Å². The standard InChI is InChI=1S/C13H19N5O2S/c1-10-15-13(17-16-10)8-18(2)21(19,20)9-12-5-3-4-11(6-12)7-14/h3-6H,7-9,14H2,1-2H3,(H,15,16,17). The lowest BCUT2D eigenvalue weighted by Crippen LogP contribution is -2.28. The number of nitrogens with zero attached hydrogens (tertiary/aromatic N) is 3. The van der Waals surface area contributed by atoms with Crippen LogP contribution in [0.2, 0.25) is 0 Å². The Morgan fingerprint density at radius 1 is 1.33 bits per heavy atom. The van der Waals surface area contributed by atoms with E-state index in [-0.39, 0.29) is 12.3 Å². The third kappa shape index (κ3) is 4.10. The van der Waals surface area contributed by atoms with Gasteiger partial charge in [-0.3, -0.25) is 5.10 Å². The predicted octanol–water partition coefficient (Wildman–Crippen LogP) is 0.534. The molecule has 1 heterocycles. The van der Waals surface area contributed by atoms with Crippen LogP contribution in [0.4, 0.5) is 0 Å². The number of aromatic nitrogens is 3. The summed E-state index contributed by atoms with van der Waals surface area (Å²) in [5, 5.41) is 6.64. The number of nitrogens with two attached hydrogens (primary N) is 1. The molecule has 114 valence electrons. The number of hydrogen-bond acceptors (Lipinski definition) is 5. The Kier molecular flexibility index (Phi) is 4.71. The van der Waals surface area contributed by atoms with Crippen LogP contribution in [0.5, 0.6) is 0 Å². The van der Waals surface area contributed by atoms with Gasteiger partial charge in [-0.25, -0.2) is 13.4 Å². The van der Waals surface area contributed by atoms with E-state index in [1.54, 1.807) is 13.0 Å². The van der Waals surface area contributed by atoms with Crippen molar-refractivity contribution in [3.8, 4) is 0 Å². The molecule has 1 aromatic heterocycles. The Morgan fingerprint density at radius 2 is 2.05 bits per heavy atom. The van der Waals surface area contributed by atoms with E-state index in [0.29, 0.717) is 18.2 Å². The van der Waals surface area contributed by atoms with Crippen molar-refractivity contribution in [3.05, 3.63) is 47.0 Å². The number of benzene rings is 1. The number of aryl methyl sites for hydroxylation is 1. The van der Waals surface area contributed by atoms with Gasteiger partial charge in [-0.1, -0.05) is 24.3 Å². The molecule has 0 bridgehead atoms. The summed E-state index contributed by atoms with van der Waals surface area (Å²) in [5.41, 5.74) is 7.20. The second-order valence-electron chi connectivity index (χ2n) is 4.87. The molecule has 0 amide bonds. The van der Waals surface area contributed by atoms with Crippen LogP contribution < -0.4 is 5.73 Å². The number of hydrogen-bond donors (Lipinski definition) is 2. The summed E-state index contributed by atoms with van der Waals surface area (Å²) >= 11 is 0. The SMILES string of the molecule is Cc1nc(CN(C)S(=O)(=O)Cc2cccc(CN)c2)n[nH]1. The summed E-state index contributed by atoms with van der Waals surface area (Å²) in [7, 11) is -1.91. The highest BCUT2D eigenvalue weighted by molar-refractivity contribution is 7.88. The molecule has 0 radical (unpaired) electrons. The van der Waals surface area contributed by atoms with Gasteiger partial charge in [-0.15, -0.1) is 0 Å². The van der Waals surface area contributed by atoms with Gasteiger partial charge >= 0.3 is 0 Å². The highest BCUT2D eigenvalue weighted by Gasteiger charge is 2.20. The lowest BCUT2D eigenvalue weighted by atomic mass is 10.1. The van der Waals surface area contributed by atoms with Gasteiger partial charge in [0.2, 0.25) is 10.0 Å². The van der Waals surface area contributed by atoms with Crippen molar-refractivity contribution in [3.63, 3.8) is 0 Å². The van der Waals surface area contributed by atoms with Crippen LogP contribution >= 0.6 is 0 Å². The molecule has 1 aromatic carbocycles. The van der Waals surface area contributed by atoms with Crippen LogP contribution in [0.3, 0.4) is 0 Å². The van der Waals surface area contributed by atoms with Crippen molar-refractivity contribution >= 4 is 10.0 Å². The number of H-pyrrole nitrogens is 1.